The van der Waals surface area contributed by atoms with Gasteiger partial charge in [-0.05, 0) is 41.1 Å². The molecule has 1 spiro atoms. The van der Waals surface area contributed by atoms with Crippen molar-refractivity contribution < 1.29 is 9.53 Å². The van der Waals surface area contributed by atoms with Gasteiger partial charge in [-0.2, -0.15) is 5.10 Å². The molecule has 3 aliphatic heterocycles. The Balaban J connectivity index is 1.43. The van der Waals surface area contributed by atoms with Crippen molar-refractivity contribution in [3.63, 3.8) is 0 Å². The molecule has 0 radical (unpaired) electrons. The van der Waals surface area contributed by atoms with Gasteiger partial charge in [0, 0.05) is 12.0 Å². The monoisotopic (exact) mass is 493 g/mol. The first-order valence-electron chi connectivity index (χ1n) is 10.4. The fourth-order valence-electron chi connectivity index (χ4n) is 4.32. The second-order valence-electron chi connectivity index (χ2n) is 7.91. The molecule has 3 heterocycles. The van der Waals surface area contributed by atoms with Crippen LogP contribution in [0.1, 0.15) is 29.2 Å². The molecule has 164 valence electrons. The third-order valence-corrected chi connectivity index (χ3v) is 7.86. The number of carbonyl (C=O) groups is 1. The van der Waals surface area contributed by atoms with Crippen LogP contribution in [0.4, 0.5) is 0 Å². The van der Waals surface area contributed by atoms with Crippen LogP contribution >= 0.6 is 35.0 Å². The Morgan fingerprint density at radius 2 is 1.85 bits per heavy atom. The number of thioether (sulfide) groups is 1. The quantitative estimate of drug-likeness (QED) is 0.441. The van der Waals surface area contributed by atoms with Gasteiger partial charge in [-0.3, -0.25) is 10.1 Å². The topological polar surface area (TPSA) is 53.9 Å². The lowest BCUT2D eigenvalue weighted by molar-refractivity contribution is -0.127. The number of nitrogens with one attached hydrogen (secondary N) is 1. The maximum absolute atomic E-state index is 13.1. The van der Waals surface area contributed by atoms with Crippen LogP contribution in [0.15, 0.2) is 82.8 Å². The van der Waals surface area contributed by atoms with E-state index in [-0.39, 0.29) is 11.9 Å². The van der Waals surface area contributed by atoms with E-state index in [0.29, 0.717) is 26.9 Å². The maximum atomic E-state index is 13.1. The highest BCUT2D eigenvalue weighted by Gasteiger charge is 2.57. The summed E-state index contributed by atoms with van der Waals surface area (Å²) in [6, 6.07) is 23.2. The fourth-order valence-corrected chi connectivity index (χ4v) is 5.84. The van der Waals surface area contributed by atoms with Crippen LogP contribution in [0.25, 0.3) is 6.08 Å². The van der Waals surface area contributed by atoms with Crippen molar-refractivity contribution in [1.82, 2.24) is 10.3 Å². The number of para-hydroxylation sites is 1. The lowest BCUT2D eigenvalue weighted by Gasteiger charge is -2.43. The first-order chi connectivity index (χ1) is 16.0. The molecular formula is C25H17Cl2N3O2S. The maximum Gasteiger partial charge on any atom is 0.336 e. The molecule has 0 bridgehead atoms. The summed E-state index contributed by atoms with van der Waals surface area (Å²) in [6.07, 6.45) is 2.45. The third kappa shape index (κ3) is 3.41. The van der Waals surface area contributed by atoms with Crippen LogP contribution in [-0.2, 0) is 4.79 Å². The van der Waals surface area contributed by atoms with Gasteiger partial charge in [0.2, 0.25) is 0 Å². The molecule has 3 aliphatic rings. The summed E-state index contributed by atoms with van der Waals surface area (Å²) >= 11 is 13.8. The van der Waals surface area contributed by atoms with Crippen LogP contribution in [-0.4, -0.2) is 21.8 Å². The molecule has 2 unspecified atom stereocenters. The van der Waals surface area contributed by atoms with Crippen molar-refractivity contribution in [3.8, 4) is 5.75 Å². The summed E-state index contributed by atoms with van der Waals surface area (Å²) in [4.78, 5) is 13.5. The first kappa shape index (κ1) is 20.7. The van der Waals surface area contributed by atoms with E-state index in [9.17, 15) is 4.79 Å². The molecule has 5 nitrogen and oxygen atoms in total. The molecule has 0 saturated carbocycles. The Kier molecular flexibility index (Phi) is 4.91. The number of carbonyl (C=O) groups excluding carboxylic acids is 1. The van der Waals surface area contributed by atoms with Gasteiger partial charge in [-0.15, -0.1) is 0 Å². The molecule has 0 aliphatic carbocycles. The molecule has 2 atom stereocenters. The lowest BCUT2D eigenvalue weighted by Crippen LogP contribution is -2.58. The van der Waals surface area contributed by atoms with Gasteiger partial charge in [-0.25, -0.2) is 5.01 Å². The van der Waals surface area contributed by atoms with E-state index < -0.39 is 5.18 Å². The van der Waals surface area contributed by atoms with Gasteiger partial charge in [0.05, 0.1) is 26.7 Å². The van der Waals surface area contributed by atoms with Crippen molar-refractivity contribution in [1.29, 1.82) is 0 Å². The average Bonchev–Trinajstić information content (AvgIpc) is 3.41. The number of hydrogen-bond donors (Lipinski definition) is 1. The second-order valence-corrected chi connectivity index (χ2v) is 9.89. The number of nitrogens with zero attached hydrogens (tertiary/aromatic N) is 2. The highest BCUT2D eigenvalue weighted by Crippen LogP contribution is 2.53. The predicted molar refractivity (Wildman–Crippen MR) is 132 cm³/mol. The van der Waals surface area contributed by atoms with E-state index in [2.05, 4.69) is 5.32 Å². The molecule has 8 heteroatoms. The van der Waals surface area contributed by atoms with E-state index in [1.165, 1.54) is 11.8 Å². The SMILES string of the molecule is O=C1NC2(Oc3ccccc3C3CC(c4ccccc4)=NN32)S/C1=C\c1cccc(Cl)c1Cl. The number of amides is 1. The molecule has 1 fully saturated rings. The smallest absolute Gasteiger partial charge is 0.336 e. The van der Waals surface area contributed by atoms with Crippen molar-refractivity contribution in [3.05, 3.63) is 104 Å². The Hall–Kier alpha value is -2.93. The predicted octanol–water partition coefficient (Wildman–Crippen LogP) is 6.05. The van der Waals surface area contributed by atoms with Gasteiger partial charge < -0.3 is 4.74 Å². The van der Waals surface area contributed by atoms with Crippen molar-refractivity contribution in [2.75, 3.05) is 0 Å². The minimum atomic E-state index is -1.19. The van der Waals surface area contributed by atoms with Crippen LogP contribution < -0.4 is 10.1 Å². The molecule has 1 N–H and O–H groups in total. The van der Waals surface area contributed by atoms with Gasteiger partial charge >= 0.3 is 5.18 Å². The van der Waals surface area contributed by atoms with Crippen molar-refractivity contribution >= 4 is 52.7 Å². The average molecular weight is 494 g/mol. The van der Waals surface area contributed by atoms with Crippen molar-refractivity contribution in [2.45, 2.75) is 17.6 Å². The number of halogens is 2. The Bertz CT molecular complexity index is 1340. The number of rotatable bonds is 2. The lowest BCUT2D eigenvalue weighted by atomic mass is 9.97. The largest absolute Gasteiger partial charge is 0.439 e. The molecule has 3 aromatic carbocycles. The van der Waals surface area contributed by atoms with Crippen LogP contribution in [0.2, 0.25) is 10.0 Å². The van der Waals surface area contributed by atoms with Crippen molar-refractivity contribution in [2.24, 2.45) is 5.10 Å². The number of ether oxygens (including phenoxy) is 1. The molecule has 1 saturated heterocycles. The van der Waals surface area contributed by atoms with E-state index in [1.54, 1.807) is 18.2 Å². The van der Waals surface area contributed by atoms with E-state index in [4.69, 9.17) is 33.0 Å². The normalized spacial score (nSPS) is 24.4. The summed E-state index contributed by atoms with van der Waals surface area (Å²) in [7, 11) is 0. The van der Waals surface area contributed by atoms with Gasteiger partial charge in [0.1, 0.15) is 5.75 Å². The highest BCUT2D eigenvalue weighted by atomic mass is 35.5. The zero-order valence-corrected chi connectivity index (χ0v) is 19.5. The van der Waals surface area contributed by atoms with Crippen LogP contribution in [0, 0.1) is 0 Å². The van der Waals surface area contributed by atoms with Crippen LogP contribution in [0.5, 0.6) is 5.75 Å². The van der Waals surface area contributed by atoms with Gasteiger partial charge in [0.15, 0.2) is 0 Å². The number of fused-ring (bicyclic) bond motifs is 4. The summed E-state index contributed by atoms with van der Waals surface area (Å²) in [5.74, 6) is 0.482. The Morgan fingerprint density at radius 1 is 1.06 bits per heavy atom. The molecular weight excluding hydrogens is 477 g/mol. The van der Waals surface area contributed by atoms with Crippen LogP contribution in [0.3, 0.4) is 0 Å². The minimum absolute atomic E-state index is 0.0629. The molecule has 33 heavy (non-hydrogen) atoms. The summed E-state index contributed by atoms with van der Waals surface area (Å²) in [5, 5.41) is 9.49. The summed E-state index contributed by atoms with van der Waals surface area (Å²) < 4.78 is 6.42. The summed E-state index contributed by atoms with van der Waals surface area (Å²) in [5.41, 5.74) is 3.71. The first-order valence-corrected chi connectivity index (χ1v) is 12.0. The molecule has 3 aromatic rings. The number of hydrazone groups is 1. The number of hydrogen-bond acceptors (Lipinski definition) is 5. The zero-order chi connectivity index (χ0) is 22.6. The molecule has 6 rings (SSSR count). The van der Waals surface area contributed by atoms with Gasteiger partial charge in [0.25, 0.3) is 5.91 Å². The molecule has 0 aromatic heterocycles. The Labute approximate surface area is 205 Å². The highest BCUT2D eigenvalue weighted by molar-refractivity contribution is 8.05. The standard InChI is InChI=1S/C25H17Cl2N3O2S/c26-18-11-6-9-16(23(18)27)13-22-24(31)28-25(33-22)30-20(17-10-4-5-12-21(17)32-25)14-19(29-30)15-7-2-1-3-8-15/h1-13,20H,14H2,(H,28,31)/b22-13-. The second kappa shape index (κ2) is 7.83. The third-order valence-electron chi connectivity index (χ3n) is 5.86. The van der Waals surface area contributed by atoms with E-state index in [1.807, 2.05) is 65.7 Å². The summed E-state index contributed by atoms with van der Waals surface area (Å²) in [6.45, 7) is 0. The number of benzene rings is 3. The Morgan fingerprint density at radius 3 is 2.70 bits per heavy atom. The minimum Gasteiger partial charge on any atom is -0.439 e. The van der Waals surface area contributed by atoms with E-state index >= 15 is 0 Å². The van der Waals surface area contributed by atoms with Gasteiger partial charge in [-0.1, -0.05) is 83.9 Å². The zero-order valence-electron chi connectivity index (χ0n) is 17.2. The molecule has 1 amide bonds. The fraction of sp³-hybridized carbons (Fsp3) is 0.120. The van der Waals surface area contributed by atoms with E-state index in [0.717, 1.165) is 22.6 Å².